The lowest BCUT2D eigenvalue weighted by Crippen LogP contribution is -2.21. The number of aliphatic carboxylic acids is 2. The van der Waals surface area contributed by atoms with E-state index < -0.39 is 82.7 Å². The first-order valence-electron chi connectivity index (χ1n) is 16.9. The molecule has 0 spiro atoms. The number of carboxylic acids is 2. The van der Waals surface area contributed by atoms with Crippen LogP contribution in [-0.2, 0) is 39.4 Å². The summed E-state index contributed by atoms with van der Waals surface area (Å²) in [7, 11) is -10.1. The lowest BCUT2D eigenvalue weighted by molar-refractivity contribution is -0.147. The predicted octanol–water partition coefficient (Wildman–Crippen LogP) is 6.42. The second-order valence-electron chi connectivity index (χ2n) is 12.6. The minimum Gasteiger partial charge on any atom is -0.505 e. The molecule has 0 aliphatic heterocycles. The topological polar surface area (TPSA) is 373 Å². The maximum Gasteiger partial charge on any atom is 0.394 e. The van der Waals surface area contributed by atoms with Gasteiger partial charge in [-0.3, -0.25) is 18.7 Å². The molecule has 0 saturated carbocycles. The Hall–Kier alpha value is -8.39. The van der Waals surface area contributed by atoms with E-state index in [4.69, 9.17) is 10.2 Å². The van der Waals surface area contributed by atoms with Crippen molar-refractivity contribution in [3.05, 3.63) is 97.1 Å². The van der Waals surface area contributed by atoms with Gasteiger partial charge >= 0.3 is 29.8 Å². The zero-order valence-corrected chi connectivity index (χ0v) is 32.3. The number of fused-ring (bicyclic) bond motifs is 2. The van der Waals surface area contributed by atoms with Gasteiger partial charge in [0, 0.05) is 33.5 Å². The van der Waals surface area contributed by atoms with Crippen LogP contribution in [0.15, 0.2) is 127 Å². The molecule has 6 rings (SSSR count). The molecular weight excluding hydrogens is 861 g/mol. The van der Waals surface area contributed by atoms with Crippen molar-refractivity contribution in [2.75, 3.05) is 21.3 Å². The number of nitrogens with one attached hydrogen (secondary N) is 4. The van der Waals surface area contributed by atoms with E-state index in [1.807, 2.05) is 0 Å². The molecule has 0 heterocycles. The van der Waals surface area contributed by atoms with Crippen LogP contribution >= 0.6 is 0 Å². The molecule has 0 bridgehead atoms. The van der Waals surface area contributed by atoms with E-state index in [1.165, 1.54) is 84.9 Å². The van der Waals surface area contributed by atoms with Gasteiger partial charge in [-0.15, -0.1) is 10.2 Å². The molecule has 62 heavy (non-hydrogen) atoms. The summed E-state index contributed by atoms with van der Waals surface area (Å²) in [5, 5.41) is 64.1. The van der Waals surface area contributed by atoms with Gasteiger partial charge in [-0.05, 0) is 95.7 Å². The van der Waals surface area contributed by atoms with E-state index in [0.29, 0.717) is 0 Å². The Morgan fingerprint density at radius 1 is 0.468 bits per heavy atom. The van der Waals surface area contributed by atoms with Crippen LogP contribution in [0.3, 0.4) is 0 Å². The lowest BCUT2D eigenvalue weighted by Gasteiger charge is -2.13. The lowest BCUT2D eigenvalue weighted by atomic mass is 10.1. The summed E-state index contributed by atoms with van der Waals surface area (Å²) in [5.41, 5.74) is -1.27. The number of phenolic OH excluding ortho intramolecular Hbond substituents is 2. The summed E-state index contributed by atoms with van der Waals surface area (Å²) < 4.78 is 69.5. The summed E-state index contributed by atoms with van der Waals surface area (Å²) in [5.74, 6) is -7.66. The molecular formula is C37H26N8O15S2. The van der Waals surface area contributed by atoms with Crippen LogP contribution in [0.5, 0.6) is 11.5 Å². The van der Waals surface area contributed by atoms with Crippen LogP contribution < -0.4 is 21.3 Å². The summed E-state index contributed by atoms with van der Waals surface area (Å²) in [6.07, 6.45) is 0. The van der Waals surface area contributed by atoms with Crippen molar-refractivity contribution in [2.45, 2.75) is 9.79 Å². The monoisotopic (exact) mass is 886 g/mol. The normalized spacial score (nSPS) is 11.8. The van der Waals surface area contributed by atoms with Crippen molar-refractivity contribution < 1.29 is 70.3 Å². The fourth-order valence-electron chi connectivity index (χ4n) is 5.62. The molecule has 6 aromatic carbocycles. The van der Waals surface area contributed by atoms with Crippen molar-refractivity contribution in [3.8, 4) is 11.5 Å². The molecule has 0 atom stereocenters. The smallest absolute Gasteiger partial charge is 0.394 e. The Balaban J connectivity index is 1.24. The largest absolute Gasteiger partial charge is 0.505 e. The Labute approximate surface area is 346 Å². The van der Waals surface area contributed by atoms with Gasteiger partial charge in [-0.25, -0.2) is 14.4 Å². The van der Waals surface area contributed by atoms with E-state index in [2.05, 4.69) is 41.7 Å². The van der Waals surface area contributed by atoms with Crippen LogP contribution in [0.1, 0.15) is 0 Å². The predicted molar refractivity (Wildman–Crippen MR) is 217 cm³/mol. The fourth-order valence-corrected chi connectivity index (χ4v) is 6.93. The summed E-state index contributed by atoms with van der Waals surface area (Å²) >= 11 is 0. The van der Waals surface area contributed by atoms with Crippen LogP contribution in [0, 0.1) is 0 Å². The third-order valence-electron chi connectivity index (χ3n) is 8.30. The quantitative estimate of drug-likeness (QED) is 0.0403. The number of carboxylic acid groups (broad SMARTS) is 2. The standard InChI is InChI=1S/C37H26N8O15S2/c46-31-25-9-7-21(11-17(25)13-27(61(55,56)57)29(31)44-42-23-5-1-3-19(15-23)38-33(48)35(50)51)40-37(54)41-22-8-10-26-18(12-22)14-28(62(58,59)60)30(32(26)47)45-43-24-6-2-4-20(16-24)39-34(49)36(52)53/h1-16,46-47H,(H,38,48)(H,39,49)(H,50,51)(H,52,53)(H2,40,41,54)(H,55,56,57)(H,58,59,60). The van der Waals surface area contributed by atoms with Crippen LogP contribution in [-0.4, -0.2) is 76.2 Å². The number of hydrogen-bond acceptors (Lipinski definition) is 15. The molecule has 23 nitrogen and oxygen atoms in total. The number of urea groups is 1. The van der Waals surface area contributed by atoms with Gasteiger partial charge in [0.25, 0.3) is 20.2 Å². The molecule has 0 aromatic heterocycles. The molecule has 4 amide bonds. The molecule has 316 valence electrons. The molecule has 25 heteroatoms. The van der Waals surface area contributed by atoms with Crippen LogP contribution in [0.2, 0.25) is 0 Å². The van der Waals surface area contributed by atoms with Gasteiger partial charge in [0.05, 0.1) is 11.4 Å². The summed E-state index contributed by atoms with van der Waals surface area (Å²) in [4.78, 5) is 56.0. The number of anilines is 4. The minimum atomic E-state index is -5.07. The van der Waals surface area contributed by atoms with E-state index in [1.54, 1.807) is 0 Å². The molecule has 0 saturated heterocycles. The number of hydrogen-bond donors (Lipinski definition) is 10. The minimum absolute atomic E-state index is 0.000385. The van der Waals surface area contributed by atoms with E-state index >= 15 is 0 Å². The van der Waals surface area contributed by atoms with E-state index in [-0.39, 0.29) is 55.7 Å². The highest BCUT2D eigenvalue weighted by Gasteiger charge is 2.24. The molecule has 0 radical (unpaired) electrons. The van der Waals surface area contributed by atoms with E-state index in [0.717, 1.165) is 12.1 Å². The molecule has 0 aliphatic carbocycles. The second kappa shape index (κ2) is 17.1. The number of azo groups is 2. The Kier molecular flexibility index (Phi) is 11.9. The number of carbonyl (C=O) groups is 5. The first-order chi connectivity index (χ1) is 29.2. The van der Waals surface area contributed by atoms with Gasteiger partial charge < -0.3 is 41.7 Å². The average molecular weight is 887 g/mol. The number of benzene rings is 6. The highest BCUT2D eigenvalue weighted by molar-refractivity contribution is 7.86. The molecule has 0 aliphatic rings. The number of carbonyl (C=O) groups excluding carboxylic acids is 3. The molecule has 0 fully saturated rings. The number of aromatic hydroxyl groups is 2. The number of phenols is 2. The van der Waals surface area contributed by atoms with Crippen molar-refractivity contribution in [2.24, 2.45) is 20.5 Å². The van der Waals surface area contributed by atoms with Gasteiger partial charge in [-0.2, -0.15) is 27.1 Å². The van der Waals surface area contributed by atoms with Crippen molar-refractivity contribution in [3.63, 3.8) is 0 Å². The van der Waals surface area contributed by atoms with Crippen LogP contribution in [0.4, 0.5) is 50.3 Å². The highest BCUT2D eigenvalue weighted by Crippen LogP contribution is 2.44. The van der Waals surface area contributed by atoms with E-state index in [9.17, 15) is 60.1 Å². The van der Waals surface area contributed by atoms with Crippen molar-refractivity contribution in [1.29, 1.82) is 0 Å². The number of nitrogens with zero attached hydrogens (tertiary/aromatic N) is 4. The summed E-state index contributed by atoms with van der Waals surface area (Å²) in [6.45, 7) is 0. The van der Waals surface area contributed by atoms with Crippen LogP contribution in [0.25, 0.3) is 21.5 Å². The molecule has 0 unspecified atom stereocenters. The molecule has 10 N–H and O–H groups in total. The first kappa shape index (κ1) is 43.2. The zero-order valence-electron chi connectivity index (χ0n) is 30.7. The molecule has 6 aromatic rings. The maximum atomic E-state index is 13.1. The Morgan fingerprint density at radius 3 is 1.19 bits per heavy atom. The van der Waals surface area contributed by atoms with Crippen molar-refractivity contribution >= 4 is 117 Å². The Bertz CT molecular complexity index is 2980. The average Bonchev–Trinajstić information content (AvgIpc) is 3.19. The van der Waals surface area contributed by atoms with Crippen molar-refractivity contribution in [1.82, 2.24) is 0 Å². The number of amides is 4. The SMILES string of the molecule is O=C(Nc1ccc2c(O)c(N=Nc3cccc(NC(=O)C(=O)O)c3)c(S(=O)(=O)O)cc2c1)Nc1ccc2c(O)c(N=Nc3cccc(NC(=O)C(=O)O)c3)c(S(=O)(=O)O)cc2c1. The van der Waals surface area contributed by atoms with Gasteiger partial charge in [0.2, 0.25) is 0 Å². The summed E-state index contributed by atoms with van der Waals surface area (Å²) in [6, 6.07) is 19.3. The van der Waals surface area contributed by atoms with Gasteiger partial charge in [0.15, 0.2) is 11.5 Å². The number of rotatable bonds is 10. The third kappa shape index (κ3) is 9.89. The Morgan fingerprint density at radius 2 is 0.839 bits per heavy atom. The van der Waals surface area contributed by atoms with Gasteiger partial charge in [-0.1, -0.05) is 12.1 Å². The van der Waals surface area contributed by atoms with Gasteiger partial charge in [0.1, 0.15) is 21.2 Å². The first-order valence-corrected chi connectivity index (χ1v) is 19.8. The maximum absolute atomic E-state index is 13.1. The third-order valence-corrected chi connectivity index (χ3v) is 10.0. The highest BCUT2D eigenvalue weighted by atomic mass is 32.2. The second-order valence-corrected chi connectivity index (χ2v) is 15.3. The zero-order chi connectivity index (χ0) is 45.1. The fraction of sp³-hybridized carbons (Fsp3) is 0.